The second-order valence-electron chi connectivity index (χ2n) is 36.5. The Morgan fingerprint density at radius 3 is 0.569 bits per heavy atom. The molecule has 0 aliphatic heterocycles. The maximum Gasteiger partial charge on any atom is 0.0554 e. The molecule has 0 aliphatic rings. The van der Waals surface area contributed by atoms with E-state index in [9.17, 15) is 0 Å². The van der Waals surface area contributed by atoms with Crippen molar-refractivity contribution in [2.75, 3.05) is 14.7 Å². The zero-order chi connectivity index (χ0) is 95.6. The van der Waals surface area contributed by atoms with Crippen molar-refractivity contribution in [2.24, 2.45) is 0 Å². The summed E-state index contributed by atoms with van der Waals surface area (Å²) in [4.78, 5) is 7.27. The van der Waals surface area contributed by atoms with Crippen molar-refractivity contribution < 1.29 is 0 Å². The first-order chi connectivity index (χ1) is 71.4. The molecule has 0 unspecified atom stereocenters. The van der Waals surface area contributed by atoms with Crippen molar-refractivity contribution in [1.29, 1.82) is 0 Å². The van der Waals surface area contributed by atoms with E-state index in [1.807, 2.05) is 34.0 Å². The molecule has 0 bridgehead atoms. The fourth-order valence-corrected chi connectivity index (χ4v) is 24.4. The van der Waals surface area contributed by atoms with Crippen LogP contribution in [0.5, 0.6) is 0 Å². The van der Waals surface area contributed by atoms with Gasteiger partial charge in [-0.15, -0.1) is 34.0 Å². The number of fused-ring (bicyclic) bond motifs is 15. The largest absolute Gasteiger partial charge is 0.310 e. The van der Waals surface area contributed by atoms with Crippen LogP contribution in [0.3, 0.4) is 0 Å². The van der Waals surface area contributed by atoms with Crippen molar-refractivity contribution in [3.05, 3.63) is 564 Å². The lowest BCUT2D eigenvalue weighted by Gasteiger charge is -2.28. The molecule has 3 aromatic heterocycles. The first kappa shape index (κ1) is 87.6. The van der Waals surface area contributed by atoms with Crippen LogP contribution >= 0.6 is 34.0 Å². The fourth-order valence-electron chi connectivity index (χ4n) is 20.7. The first-order valence-electron chi connectivity index (χ1n) is 49.0. The minimum atomic E-state index is 1.12. The molecular weight excluding hydrogens is 1800 g/mol. The molecule has 27 rings (SSSR count). The summed E-state index contributed by atoms with van der Waals surface area (Å²) in [5.41, 5.74) is 32.2. The van der Waals surface area contributed by atoms with E-state index in [0.29, 0.717) is 0 Å². The summed E-state index contributed by atoms with van der Waals surface area (Å²) >= 11 is 5.67. The van der Waals surface area contributed by atoms with E-state index in [4.69, 9.17) is 0 Å². The van der Waals surface area contributed by atoms with Gasteiger partial charge in [0.25, 0.3) is 0 Å². The van der Waals surface area contributed by atoms with Gasteiger partial charge in [0.05, 0.1) is 17.1 Å². The number of hydrogen-bond donors (Lipinski definition) is 0. The van der Waals surface area contributed by atoms with Gasteiger partial charge in [-0.3, -0.25) is 0 Å². The van der Waals surface area contributed by atoms with E-state index in [1.165, 1.54) is 210 Å². The third-order valence-corrected chi connectivity index (χ3v) is 31.4. The lowest BCUT2D eigenvalue weighted by atomic mass is 9.99. The third kappa shape index (κ3) is 17.3. The average Bonchev–Trinajstić information content (AvgIpc) is 1.57. The summed E-state index contributed by atoms with van der Waals surface area (Å²) in [5, 5.41) is 15.3. The normalized spacial score (nSPS) is 11.3. The molecular formula is C138H93N3S3. The molecule has 0 N–H and O–H groups in total. The van der Waals surface area contributed by atoms with Crippen LogP contribution in [-0.4, -0.2) is 0 Å². The molecule has 678 valence electrons. The van der Waals surface area contributed by atoms with Crippen LogP contribution in [0.15, 0.2) is 564 Å². The van der Waals surface area contributed by atoms with Crippen molar-refractivity contribution >= 4 is 178 Å². The molecule has 3 nitrogen and oxygen atoms in total. The Balaban J connectivity index is 0.000000113. The minimum Gasteiger partial charge on any atom is -0.310 e. The number of para-hydroxylation sites is 1. The molecule has 0 amide bonds. The lowest BCUT2D eigenvalue weighted by molar-refractivity contribution is 1.30. The second kappa shape index (κ2) is 39.1. The molecule has 0 spiro atoms. The zero-order valence-electron chi connectivity index (χ0n) is 78.8. The molecule has 27 aromatic rings. The fraction of sp³-hybridized carbons (Fsp3) is 0. The Morgan fingerprint density at radius 1 is 0.118 bits per heavy atom. The van der Waals surface area contributed by atoms with Crippen LogP contribution in [0.25, 0.3) is 193 Å². The summed E-state index contributed by atoms with van der Waals surface area (Å²) in [6.07, 6.45) is 0. The van der Waals surface area contributed by atoms with Crippen LogP contribution in [0.2, 0.25) is 0 Å². The molecule has 0 fully saturated rings. The highest BCUT2D eigenvalue weighted by molar-refractivity contribution is 7.27. The number of hydrogen-bond acceptors (Lipinski definition) is 6. The van der Waals surface area contributed by atoms with Crippen molar-refractivity contribution in [3.63, 3.8) is 0 Å². The van der Waals surface area contributed by atoms with Gasteiger partial charge in [-0.05, 0) is 244 Å². The molecule has 0 saturated carbocycles. The van der Waals surface area contributed by atoms with E-state index in [2.05, 4.69) is 579 Å². The van der Waals surface area contributed by atoms with Crippen LogP contribution < -0.4 is 14.7 Å². The topological polar surface area (TPSA) is 9.72 Å². The Bertz CT molecular complexity index is 9140. The molecule has 0 radical (unpaired) electrons. The summed E-state index contributed by atoms with van der Waals surface area (Å²) in [5.74, 6) is 0. The lowest BCUT2D eigenvalue weighted by Crippen LogP contribution is -2.10. The van der Waals surface area contributed by atoms with Gasteiger partial charge in [-0.1, -0.05) is 437 Å². The monoisotopic (exact) mass is 1890 g/mol. The summed E-state index contributed by atoms with van der Waals surface area (Å²) < 4.78 is 7.86. The quantitative estimate of drug-likeness (QED) is 0.0848. The van der Waals surface area contributed by atoms with Crippen molar-refractivity contribution in [1.82, 2.24) is 0 Å². The molecule has 24 aromatic carbocycles. The van der Waals surface area contributed by atoms with E-state index in [0.717, 1.165) is 34.1 Å². The van der Waals surface area contributed by atoms with Gasteiger partial charge in [0.1, 0.15) is 0 Å². The number of nitrogens with zero attached hydrogens (tertiary/aromatic N) is 3. The predicted octanol–water partition coefficient (Wildman–Crippen LogP) is 41.0. The Morgan fingerprint density at radius 2 is 0.306 bits per heavy atom. The molecule has 6 heteroatoms. The van der Waals surface area contributed by atoms with E-state index in [-0.39, 0.29) is 0 Å². The van der Waals surface area contributed by atoms with Gasteiger partial charge in [0, 0.05) is 111 Å². The minimum absolute atomic E-state index is 1.12. The number of anilines is 9. The summed E-state index contributed by atoms with van der Waals surface area (Å²) in [6, 6.07) is 204. The van der Waals surface area contributed by atoms with Gasteiger partial charge in [0.2, 0.25) is 0 Å². The predicted molar refractivity (Wildman–Crippen MR) is 623 cm³/mol. The summed E-state index contributed by atoms with van der Waals surface area (Å²) in [7, 11) is 0. The van der Waals surface area contributed by atoms with Crippen molar-refractivity contribution in [2.45, 2.75) is 0 Å². The maximum atomic E-state index is 2.44. The third-order valence-electron chi connectivity index (χ3n) is 27.8. The van der Waals surface area contributed by atoms with Crippen LogP contribution in [0.1, 0.15) is 0 Å². The number of benzene rings is 24. The second-order valence-corrected chi connectivity index (χ2v) is 39.6. The highest BCUT2D eigenvalue weighted by Gasteiger charge is 2.26. The smallest absolute Gasteiger partial charge is 0.0554 e. The molecule has 0 aliphatic carbocycles. The Kier molecular flexibility index (Phi) is 23.8. The van der Waals surface area contributed by atoms with Gasteiger partial charge in [-0.25, -0.2) is 0 Å². The van der Waals surface area contributed by atoms with Crippen LogP contribution in [0.4, 0.5) is 51.2 Å². The van der Waals surface area contributed by atoms with Crippen LogP contribution in [0, 0.1) is 0 Å². The molecule has 0 atom stereocenters. The molecule has 0 saturated heterocycles. The van der Waals surface area contributed by atoms with E-state index < -0.39 is 0 Å². The zero-order valence-corrected chi connectivity index (χ0v) is 81.2. The Hall–Kier alpha value is -17.9. The highest BCUT2D eigenvalue weighted by atomic mass is 32.1. The first-order valence-corrected chi connectivity index (χ1v) is 51.5. The van der Waals surface area contributed by atoms with Gasteiger partial charge < -0.3 is 14.7 Å². The van der Waals surface area contributed by atoms with Crippen molar-refractivity contribution in [3.8, 4) is 100 Å². The number of rotatable bonds is 18. The highest BCUT2D eigenvalue weighted by Crippen LogP contribution is 2.53. The SMILES string of the molecule is c1ccc(-c2ccc(-c3ccc(N(c4ccccc4)c4cccc5ccc6c7cc(-c8ccccc8)ccc7sc6c45)cc3)cc2)cc1.c1ccc(-c2ccc(N(c3ccc(-c4ccccc4)cc3)c3cccc4ccc5c6cc(-c7ccccc7)ccc6sc5c34)cc2)cc1.c1ccc(-c2cccc(N(c3cccc(-c4ccccc4)c3)c3cccc4ccc5c6cc(-c7ccccc7)ccc6sc5c34)c2)cc1. The standard InChI is InChI=1S/3C46H31NS/c1-4-13-32(14-5-1)36-20-10-22-39(29-36)47(40-23-11-21-37(30-40)33-15-6-2-7-16-33)43-24-12-19-35-25-27-41-42-31-38(34-17-8-3-9-18-34)26-28-44(42)48-46(41)45(35)43;1-4-11-32(12-5-1)34-19-21-35(22-20-34)36-23-27-40(28-24-36)47(39-16-8-3-9-17-39)43-18-10-15-37-25-29-41-42-31-38(33-13-6-2-7-14-33)26-30-44(42)48-46(41)45(37)43;1-4-11-32(12-5-1)35-19-25-39(26-20-35)47(40-27-21-36(22-28-40)33-13-6-2-7-14-33)43-18-10-17-37-23-29-41-42-31-38(34-15-8-3-9-16-34)24-30-44(42)48-46(41)45(37)43/h3*1-31H. The van der Waals surface area contributed by atoms with Gasteiger partial charge in [0.15, 0.2) is 0 Å². The van der Waals surface area contributed by atoms with E-state index in [1.54, 1.807) is 0 Å². The molecule has 144 heavy (non-hydrogen) atoms. The maximum absolute atomic E-state index is 2.44. The molecule has 3 heterocycles. The van der Waals surface area contributed by atoms with Gasteiger partial charge in [-0.2, -0.15) is 0 Å². The summed E-state index contributed by atoms with van der Waals surface area (Å²) in [6.45, 7) is 0. The van der Waals surface area contributed by atoms with Gasteiger partial charge >= 0.3 is 0 Å². The Labute approximate surface area is 850 Å². The van der Waals surface area contributed by atoms with E-state index >= 15 is 0 Å². The average molecular weight is 1890 g/mol. The number of thiophene rings is 3. The van der Waals surface area contributed by atoms with Crippen LogP contribution in [-0.2, 0) is 0 Å².